The molecule has 2 N–H and O–H groups in total. The van der Waals surface area contributed by atoms with Crippen molar-refractivity contribution in [3.05, 3.63) is 34.3 Å². The molecule has 0 amide bonds. The van der Waals surface area contributed by atoms with Gasteiger partial charge < -0.3 is 10.4 Å². The molecule has 1 fully saturated rings. The van der Waals surface area contributed by atoms with Crippen LogP contribution < -0.4 is 5.32 Å². The largest absolute Gasteiger partial charge is 0.391 e. The van der Waals surface area contributed by atoms with Gasteiger partial charge in [-0.2, -0.15) is 0 Å². The quantitative estimate of drug-likeness (QED) is 0.807. The Balaban J connectivity index is 2.20. The number of halogens is 1. The molecular formula is C11H14BrNO. The van der Waals surface area contributed by atoms with E-state index in [-0.39, 0.29) is 12.1 Å². The zero-order valence-electron chi connectivity index (χ0n) is 7.91. The van der Waals surface area contributed by atoms with E-state index in [1.165, 1.54) is 0 Å². The summed E-state index contributed by atoms with van der Waals surface area (Å²) in [6.07, 6.45) is 1.70. The number of benzene rings is 1. The number of piperidine rings is 1. The van der Waals surface area contributed by atoms with Gasteiger partial charge in [0.2, 0.25) is 0 Å². The second-order valence-electron chi connectivity index (χ2n) is 3.70. The highest BCUT2D eigenvalue weighted by Gasteiger charge is 2.23. The van der Waals surface area contributed by atoms with Crippen molar-refractivity contribution < 1.29 is 5.11 Å². The maximum Gasteiger partial charge on any atom is 0.0735 e. The molecule has 1 heterocycles. The van der Waals surface area contributed by atoms with Crippen LogP contribution in [-0.4, -0.2) is 17.8 Å². The second-order valence-corrected chi connectivity index (χ2v) is 4.61. The molecular weight excluding hydrogens is 242 g/mol. The van der Waals surface area contributed by atoms with Gasteiger partial charge in [0.15, 0.2) is 0 Å². The minimum absolute atomic E-state index is 0.0984. The first-order valence-electron chi connectivity index (χ1n) is 4.94. The van der Waals surface area contributed by atoms with Gasteiger partial charge in [0.05, 0.1) is 12.1 Å². The van der Waals surface area contributed by atoms with E-state index < -0.39 is 0 Å². The normalized spacial score (nSPS) is 27.6. The van der Waals surface area contributed by atoms with Crippen LogP contribution in [0, 0.1) is 0 Å². The molecule has 0 bridgehead atoms. The van der Waals surface area contributed by atoms with Gasteiger partial charge >= 0.3 is 0 Å². The van der Waals surface area contributed by atoms with Gasteiger partial charge in [-0.3, -0.25) is 0 Å². The van der Waals surface area contributed by atoms with Crippen LogP contribution in [0.1, 0.15) is 24.4 Å². The molecule has 0 aliphatic carbocycles. The predicted octanol–water partition coefficient (Wildman–Crippen LogP) is 2.23. The molecule has 14 heavy (non-hydrogen) atoms. The molecule has 76 valence electrons. The lowest BCUT2D eigenvalue weighted by Gasteiger charge is -2.29. The Kier molecular flexibility index (Phi) is 3.21. The molecule has 2 unspecified atom stereocenters. The van der Waals surface area contributed by atoms with Gasteiger partial charge in [0.25, 0.3) is 0 Å². The van der Waals surface area contributed by atoms with Gasteiger partial charge in [-0.1, -0.05) is 28.1 Å². The average Bonchev–Trinajstić information content (AvgIpc) is 2.18. The highest BCUT2D eigenvalue weighted by molar-refractivity contribution is 9.10. The fourth-order valence-corrected chi connectivity index (χ4v) is 2.33. The third-order valence-corrected chi connectivity index (χ3v) is 3.13. The maximum atomic E-state index is 9.84. The number of nitrogens with one attached hydrogen (secondary N) is 1. The van der Waals surface area contributed by atoms with Crippen LogP contribution in [0.3, 0.4) is 0 Å². The zero-order valence-corrected chi connectivity index (χ0v) is 9.50. The summed E-state index contributed by atoms with van der Waals surface area (Å²) < 4.78 is 1.06. The Labute approximate surface area is 92.5 Å². The van der Waals surface area contributed by atoms with Crippen molar-refractivity contribution in [2.75, 3.05) is 6.54 Å². The van der Waals surface area contributed by atoms with Gasteiger partial charge in [-0.15, -0.1) is 0 Å². The van der Waals surface area contributed by atoms with Gasteiger partial charge in [0, 0.05) is 4.47 Å². The number of rotatable bonds is 1. The van der Waals surface area contributed by atoms with Crippen molar-refractivity contribution >= 4 is 15.9 Å². The Hall–Kier alpha value is -0.380. The van der Waals surface area contributed by atoms with E-state index in [1.54, 1.807) is 0 Å². The van der Waals surface area contributed by atoms with E-state index in [4.69, 9.17) is 0 Å². The SMILES string of the molecule is OC1CCCNC1c1cccc(Br)c1. The van der Waals surface area contributed by atoms with Crippen molar-refractivity contribution in [1.29, 1.82) is 0 Å². The van der Waals surface area contributed by atoms with E-state index >= 15 is 0 Å². The van der Waals surface area contributed by atoms with Crippen molar-refractivity contribution in [2.45, 2.75) is 25.0 Å². The van der Waals surface area contributed by atoms with Crippen LogP contribution in [0.2, 0.25) is 0 Å². The molecule has 2 rings (SSSR count). The summed E-state index contributed by atoms with van der Waals surface area (Å²) in [7, 11) is 0. The third kappa shape index (κ3) is 2.16. The van der Waals surface area contributed by atoms with Crippen LogP contribution in [0.5, 0.6) is 0 Å². The summed E-state index contributed by atoms with van der Waals surface area (Å²) in [5, 5.41) is 13.2. The van der Waals surface area contributed by atoms with Crippen molar-refractivity contribution in [2.24, 2.45) is 0 Å². The van der Waals surface area contributed by atoms with Crippen LogP contribution in [0.25, 0.3) is 0 Å². The fourth-order valence-electron chi connectivity index (χ4n) is 1.91. The molecule has 1 aromatic carbocycles. The van der Waals surface area contributed by atoms with E-state index in [0.29, 0.717) is 0 Å². The van der Waals surface area contributed by atoms with E-state index in [1.807, 2.05) is 12.1 Å². The van der Waals surface area contributed by atoms with Gasteiger partial charge in [0.1, 0.15) is 0 Å². The zero-order chi connectivity index (χ0) is 9.97. The molecule has 0 radical (unpaired) electrons. The molecule has 1 aliphatic heterocycles. The van der Waals surface area contributed by atoms with Crippen LogP contribution in [0.4, 0.5) is 0 Å². The minimum Gasteiger partial charge on any atom is -0.391 e. The highest BCUT2D eigenvalue weighted by atomic mass is 79.9. The first-order chi connectivity index (χ1) is 6.77. The highest BCUT2D eigenvalue weighted by Crippen LogP contribution is 2.25. The van der Waals surface area contributed by atoms with Crippen LogP contribution in [-0.2, 0) is 0 Å². The second kappa shape index (κ2) is 4.43. The monoisotopic (exact) mass is 255 g/mol. The topological polar surface area (TPSA) is 32.3 Å². The van der Waals surface area contributed by atoms with Gasteiger partial charge in [-0.05, 0) is 37.1 Å². The van der Waals surface area contributed by atoms with Crippen molar-refractivity contribution in [3.63, 3.8) is 0 Å². The molecule has 2 nitrogen and oxygen atoms in total. The Morgan fingerprint density at radius 1 is 1.43 bits per heavy atom. The first kappa shape index (κ1) is 10.1. The molecule has 1 aromatic rings. The van der Waals surface area contributed by atoms with Crippen molar-refractivity contribution in [1.82, 2.24) is 5.32 Å². The molecule has 0 saturated carbocycles. The number of hydrogen-bond donors (Lipinski definition) is 2. The van der Waals surface area contributed by atoms with Gasteiger partial charge in [-0.25, -0.2) is 0 Å². The number of hydrogen-bond acceptors (Lipinski definition) is 2. The molecule has 0 aromatic heterocycles. The molecule has 0 spiro atoms. The Bertz CT molecular complexity index is 316. The molecule has 2 atom stereocenters. The lowest BCUT2D eigenvalue weighted by Crippen LogP contribution is -2.37. The van der Waals surface area contributed by atoms with E-state index in [2.05, 4.69) is 33.4 Å². The number of aliphatic hydroxyl groups is 1. The van der Waals surface area contributed by atoms with E-state index in [0.717, 1.165) is 29.4 Å². The minimum atomic E-state index is -0.252. The maximum absolute atomic E-state index is 9.84. The Morgan fingerprint density at radius 3 is 3.00 bits per heavy atom. The first-order valence-corrected chi connectivity index (χ1v) is 5.73. The molecule has 1 saturated heterocycles. The van der Waals surface area contributed by atoms with Crippen molar-refractivity contribution in [3.8, 4) is 0 Å². The summed E-state index contributed by atoms with van der Waals surface area (Å²) >= 11 is 3.44. The summed E-state index contributed by atoms with van der Waals surface area (Å²) in [6, 6.07) is 8.21. The third-order valence-electron chi connectivity index (χ3n) is 2.63. The smallest absolute Gasteiger partial charge is 0.0735 e. The summed E-state index contributed by atoms with van der Waals surface area (Å²) in [5.41, 5.74) is 1.16. The predicted molar refractivity (Wildman–Crippen MR) is 60.1 cm³/mol. The Morgan fingerprint density at radius 2 is 2.29 bits per heavy atom. The molecule has 3 heteroatoms. The van der Waals surface area contributed by atoms with Crippen LogP contribution in [0.15, 0.2) is 28.7 Å². The lowest BCUT2D eigenvalue weighted by molar-refractivity contribution is 0.0965. The van der Waals surface area contributed by atoms with Crippen LogP contribution >= 0.6 is 15.9 Å². The summed E-state index contributed by atoms with van der Waals surface area (Å²) in [5.74, 6) is 0. The molecule has 1 aliphatic rings. The fraction of sp³-hybridized carbons (Fsp3) is 0.455. The average molecular weight is 256 g/mol. The standard InChI is InChI=1S/C11H14BrNO/c12-9-4-1-3-8(7-9)11-10(14)5-2-6-13-11/h1,3-4,7,10-11,13-14H,2,5-6H2. The number of aliphatic hydroxyl groups excluding tert-OH is 1. The van der Waals surface area contributed by atoms with E-state index in [9.17, 15) is 5.11 Å². The summed E-state index contributed by atoms with van der Waals surface area (Å²) in [4.78, 5) is 0. The lowest BCUT2D eigenvalue weighted by atomic mass is 9.95. The summed E-state index contributed by atoms with van der Waals surface area (Å²) in [6.45, 7) is 0.994.